The molecular formula is C15H27NO2. The van der Waals surface area contributed by atoms with Gasteiger partial charge in [-0.2, -0.15) is 0 Å². The molecule has 0 spiro atoms. The molecule has 1 aromatic heterocycles. The van der Waals surface area contributed by atoms with Crippen LogP contribution >= 0.6 is 0 Å². The van der Waals surface area contributed by atoms with E-state index in [1.165, 1.54) is 0 Å². The minimum atomic E-state index is -0.0805. The highest BCUT2D eigenvalue weighted by atomic mass is 16.5. The van der Waals surface area contributed by atoms with Crippen LogP contribution in [0.4, 0.5) is 0 Å². The quantitative estimate of drug-likeness (QED) is 0.766. The van der Waals surface area contributed by atoms with Gasteiger partial charge in [0.1, 0.15) is 18.1 Å². The van der Waals surface area contributed by atoms with Gasteiger partial charge in [0, 0.05) is 0 Å². The number of ether oxygens (including phenoxy) is 1. The molecule has 0 atom stereocenters. The molecule has 104 valence electrons. The lowest BCUT2D eigenvalue weighted by Crippen LogP contribution is -2.22. The predicted molar refractivity (Wildman–Crippen MR) is 74.4 cm³/mol. The minimum absolute atomic E-state index is 0.0805. The van der Waals surface area contributed by atoms with E-state index < -0.39 is 0 Å². The normalized spacial score (nSPS) is 12.3. The number of hydrogen-bond donors (Lipinski definition) is 1. The van der Waals surface area contributed by atoms with Crippen LogP contribution in [0.1, 0.15) is 52.6 Å². The van der Waals surface area contributed by atoms with E-state index >= 15 is 0 Å². The lowest BCUT2D eigenvalue weighted by atomic mass is 10.1. The summed E-state index contributed by atoms with van der Waals surface area (Å²) in [6.07, 6.45) is 0.997. The van der Waals surface area contributed by atoms with Gasteiger partial charge in [-0.1, -0.05) is 20.8 Å². The molecule has 0 aromatic carbocycles. The Morgan fingerprint density at radius 3 is 2.56 bits per heavy atom. The lowest BCUT2D eigenvalue weighted by Gasteiger charge is -2.22. The second-order valence-electron chi connectivity index (χ2n) is 5.79. The largest absolute Gasteiger partial charge is 0.462 e. The Morgan fingerprint density at radius 1 is 1.28 bits per heavy atom. The third-order valence-corrected chi connectivity index (χ3v) is 3.03. The second kappa shape index (κ2) is 6.95. The molecule has 1 aromatic rings. The van der Waals surface area contributed by atoms with Crippen molar-refractivity contribution in [2.24, 2.45) is 5.92 Å². The molecule has 0 aliphatic rings. The van der Waals surface area contributed by atoms with E-state index in [-0.39, 0.29) is 5.60 Å². The van der Waals surface area contributed by atoms with Crippen molar-refractivity contribution in [2.75, 3.05) is 6.54 Å². The zero-order valence-corrected chi connectivity index (χ0v) is 12.4. The molecule has 0 aliphatic carbocycles. The summed E-state index contributed by atoms with van der Waals surface area (Å²) >= 11 is 0. The average molecular weight is 253 g/mol. The highest BCUT2D eigenvalue weighted by Gasteiger charge is 2.16. The van der Waals surface area contributed by atoms with Gasteiger partial charge in [0.25, 0.3) is 0 Å². The summed E-state index contributed by atoms with van der Waals surface area (Å²) in [4.78, 5) is 0. The van der Waals surface area contributed by atoms with E-state index in [4.69, 9.17) is 9.15 Å². The first-order chi connectivity index (χ1) is 8.43. The SMILES string of the molecule is CCC(C)(C)OCc1ccc(CNCC(C)C)o1. The van der Waals surface area contributed by atoms with Crippen molar-refractivity contribution in [3.05, 3.63) is 23.7 Å². The first-order valence-electron chi connectivity index (χ1n) is 6.85. The standard InChI is InChI=1S/C15H27NO2/c1-6-15(4,5)17-11-14-8-7-13(18-14)10-16-9-12(2)3/h7-8,12,16H,6,9-11H2,1-5H3. The van der Waals surface area contributed by atoms with Crippen molar-refractivity contribution in [1.82, 2.24) is 5.32 Å². The number of furan rings is 1. The molecular weight excluding hydrogens is 226 g/mol. The highest BCUT2D eigenvalue weighted by molar-refractivity contribution is 5.06. The summed E-state index contributed by atoms with van der Waals surface area (Å²) in [6, 6.07) is 4.02. The Hall–Kier alpha value is -0.800. The molecule has 0 amide bonds. The monoisotopic (exact) mass is 253 g/mol. The van der Waals surface area contributed by atoms with Crippen LogP contribution in [0.15, 0.2) is 16.5 Å². The topological polar surface area (TPSA) is 34.4 Å². The number of hydrogen-bond acceptors (Lipinski definition) is 3. The van der Waals surface area contributed by atoms with Crippen LogP contribution in [-0.4, -0.2) is 12.1 Å². The van der Waals surface area contributed by atoms with E-state index in [1.54, 1.807) is 0 Å². The van der Waals surface area contributed by atoms with Gasteiger partial charge < -0.3 is 14.5 Å². The van der Waals surface area contributed by atoms with Gasteiger partial charge >= 0.3 is 0 Å². The summed E-state index contributed by atoms with van der Waals surface area (Å²) in [6.45, 7) is 13.1. The molecule has 0 saturated carbocycles. The van der Waals surface area contributed by atoms with Crippen molar-refractivity contribution in [1.29, 1.82) is 0 Å². The third kappa shape index (κ3) is 5.69. The molecule has 1 heterocycles. The van der Waals surface area contributed by atoms with E-state index in [9.17, 15) is 0 Å². The van der Waals surface area contributed by atoms with Gasteiger partial charge in [0.15, 0.2) is 0 Å². The Balaban J connectivity index is 2.34. The smallest absolute Gasteiger partial charge is 0.129 e. The molecule has 0 unspecified atom stereocenters. The molecule has 1 N–H and O–H groups in total. The van der Waals surface area contributed by atoms with E-state index in [0.717, 1.165) is 31.0 Å². The van der Waals surface area contributed by atoms with Gasteiger partial charge in [-0.15, -0.1) is 0 Å². The highest BCUT2D eigenvalue weighted by Crippen LogP contribution is 2.17. The van der Waals surface area contributed by atoms with Crippen molar-refractivity contribution in [3.63, 3.8) is 0 Å². The maximum atomic E-state index is 5.81. The molecule has 3 nitrogen and oxygen atoms in total. The summed E-state index contributed by atoms with van der Waals surface area (Å²) in [5.41, 5.74) is -0.0805. The molecule has 0 bridgehead atoms. The van der Waals surface area contributed by atoms with Gasteiger partial charge in [0.2, 0.25) is 0 Å². The third-order valence-electron chi connectivity index (χ3n) is 3.03. The van der Waals surface area contributed by atoms with E-state index in [2.05, 4.69) is 39.9 Å². The maximum Gasteiger partial charge on any atom is 0.129 e. The molecule has 0 aliphatic heterocycles. The van der Waals surface area contributed by atoms with Crippen LogP contribution in [0.5, 0.6) is 0 Å². The fraction of sp³-hybridized carbons (Fsp3) is 0.733. The van der Waals surface area contributed by atoms with E-state index in [0.29, 0.717) is 12.5 Å². The van der Waals surface area contributed by atoms with Crippen molar-refractivity contribution < 1.29 is 9.15 Å². The van der Waals surface area contributed by atoms with Crippen molar-refractivity contribution in [2.45, 2.75) is 59.8 Å². The van der Waals surface area contributed by atoms with E-state index in [1.807, 2.05) is 12.1 Å². The van der Waals surface area contributed by atoms with Gasteiger partial charge in [-0.3, -0.25) is 0 Å². The number of nitrogens with one attached hydrogen (secondary N) is 1. The number of rotatable bonds is 8. The van der Waals surface area contributed by atoms with Gasteiger partial charge in [0.05, 0.1) is 12.1 Å². The van der Waals surface area contributed by atoms with Crippen molar-refractivity contribution >= 4 is 0 Å². The fourth-order valence-corrected chi connectivity index (χ4v) is 1.45. The molecule has 0 saturated heterocycles. The second-order valence-corrected chi connectivity index (χ2v) is 5.79. The Labute approximate surface area is 111 Å². The minimum Gasteiger partial charge on any atom is -0.462 e. The van der Waals surface area contributed by atoms with Gasteiger partial charge in [-0.25, -0.2) is 0 Å². The van der Waals surface area contributed by atoms with Crippen LogP contribution in [0.25, 0.3) is 0 Å². The first-order valence-corrected chi connectivity index (χ1v) is 6.85. The average Bonchev–Trinajstić information content (AvgIpc) is 2.74. The Morgan fingerprint density at radius 2 is 1.94 bits per heavy atom. The molecule has 0 fully saturated rings. The molecule has 3 heteroatoms. The maximum absolute atomic E-state index is 5.81. The van der Waals surface area contributed by atoms with Crippen LogP contribution in [0.3, 0.4) is 0 Å². The van der Waals surface area contributed by atoms with Gasteiger partial charge in [-0.05, 0) is 44.9 Å². The van der Waals surface area contributed by atoms with Crippen LogP contribution in [-0.2, 0) is 17.9 Å². The van der Waals surface area contributed by atoms with Crippen LogP contribution in [0, 0.1) is 5.92 Å². The Bertz CT molecular complexity index is 342. The van der Waals surface area contributed by atoms with Crippen molar-refractivity contribution in [3.8, 4) is 0 Å². The zero-order valence-electron chi connectivity index (χ0n) is 12.4. The summed E-state index contributed by atoms with van der Waals surface area (Å²) in [7, 11) is 0. The fourth-order valence-electron chi connectivity index (χ4n) is 1.45. The summed E-state index contributed by atoms with van der Waals surface area (Å²) in [5, 5.41) is 3.36. The predicted octanol–water partition coefficient (Wildman–Crippen LogP) is 3.73. The summed E-state index contributed by atoms with van der Waals surface area (Å²) in [5.74, 6) is 2.54. The molecule has 0 radical (unpaired) electrons. The van der Waals surface area contributed by atoms with Crippen LogP contribution in [0.2, 0.25) is 0 Å². The lowest BCUT2D eigenvalue weighted by molar-refractivity contribution is -0.0386. The first kappa shape index (κ1) is 15.3. The molecule has 1 rings (SSSR count). The zero-order chi connectivity index (χ0) is 13.6. The van der Waals surface area contributed by atoms with Crippen LogP contribution < -0.4 is 5.32 Å². The summed E-state index contributed by atoms with van der Waals surface area (Å²) < 4.78 is 11.5. The Kier molecular flexibility index (Phi) is 5.89. The molecule has 18 heavy (non-hydrogen) atoms.